The highest BCUT2D eigenvalue weighted by Crippen LogP contribution is 2.08. The highest BCUT2D eigenvalue weighted by Gasteiger charge is 2.04. The molecule has 16 heavy (non-hydrogen) atoms. The van der Waals surface area contributed by atoms with Crippen LogP contribution in [-0.2, 0) is 6.42 Å². The Morgan fingerprint density at radius 2 is 2.12 bits per heavy atom. The van der Waals surface area contributed by atoms with Crippen molar-refractivity contribution in [2.45, 2.75) is 19.1 Å². The molecular weight excluding hydrogens is 202 g/mol. The van der Waals surface area contributed by atoms with Gasteiger partial charge in [0.2, 0.25) is 0 Å². The molecule has 0 aliphatic carbocycles. The van der Waals surface area contributed by atoms with Crippen molar-refractivity contribution in [1.29, 1.82) is 0 Å². The summed E-state index contributed by atoms with van der Waals surface area (Å²) in [7, 11) is 0. The van der Waals surface area contributed by atoms with Crippen LogP contribution in [0.5, 0.6) is 0 Å². The lowest BCUT2D eigenvalue weighted by molar-refractivity contribution is 0.193. The van der Waals surface area contributed by atoms with Crippen LogP contribution in [0.3, 0.4) is 0 Å². The zero-order chi connectivity index (χ0) is 11.2. The number of aryl methyl sites for hydroxylation is 1. The van der Waals surface area contributed by atoms with Crippen molar-refractivity contribution < 1.29 is 5.11 Å². The Labute approximate surface area is 94.4 Å². The standard InChI is InChI=1S/C12H15N3O/c16-12(7-6-11-13-8-9-14-11)15-10-4-2-1-3-5-10/h1-5,8-9,12,15-16H,6-7H2,(H,13,14). The minimum atomic E-state index is -0.549. The molecule has 4 heteroatoms. The number of aliphatic hydroxyl groups excluding tert-OH is 1. The molecule has 4 nitrogen and oxygen atoms in total. The lowest BCUT2D eigenvalue weighted by Crippen LogP contribution is -2.19. The quantitative estimate of drug-likeness (QED) is 0.669. The van der Waals surface area contributed by atoms with Gasteiger partial charge in [0.05, 0.1) is 0 Å². The normalized spacial score (nSPS) is 12.3. The predicted molar refractivity (Wildman–Crippen MR) is 63.0 cm³/mol. The van der Waals surface area contributed by atoms with Crippen LogP contribution < -0.4 is 5.32 Å². The third-order valence-corrected chi connectivity index (χ3v) is 2.32. The van der Waals surface area contributed by atoms with E-state index >= 15 is 0 Å². The van der Waals surface area contributed by atoms with E-state index in [1.165, 1.54) is 0 Å². The number of rotatable bonds is 5. The average Bonchev–Trinajstić information content (AvgIpc) is 2.81. The first kappa shape index (κ1) is 10.7. The molecule has 2 aromatic rings. The monoisotopic (exact) mass is 217 g/mol. The molecular formula is C12H15N3O. The summed E-state index contributed by atoms with van der Waals surface area (Å²) in [4.78, 5) is 7.11. The summed E-state index contributed by atoms with van der Waals surface area (Å²) in [5.74, 6) is 0.897. The Morgan fingerprint density at radius 1 is 1.31 bits per heavy atom. The highest BCUT2D eigenvalue weighted by atomic mass is 16.3. The minimum absolute atomic E-state index is 0.549. The molecule has 0 bridgehead atoms. The van der Waals surface area contributed by atoms with Crippen molar-refractivity contribution in [3.63, 3.8) is 0 Å². The number of aromatic nitrogens is 2. The lowest BCUT2D eigenvalue weighted by Gasteiger charge is -2.13. The summed E-state index contributed by atoms with van der Waals surface area (Å²) in [5.41, 5.74) is 0.925. The average molecular weight is 217 g/mol. The molecule has 0 aliphatic heterocycles. The number of benzene rings is 1. The molecule has 0 radical (unpaired) electrons. The van der Waals surface area contributed by atoms with Gasteiger partial charge >= 0.3 is 0 Å². The maximum atomic E-state index is 9.75. The second-order valence-electron chi connectivity index (χ2n) is 3.60. The fraction of sp³-hybridized carbons (Fsp3) is 0.250. The minimum Gasteiger partial charge on any atom is -0.374 e. The van der Waals surface area contributed by atoms with E-state index in [1.54, 1.807) is 12.4 Å². The Bertz CT molecular complexity index is 399. The number of aromatic amines is 1. The van der Waals surface area contributed by atoms with Gasteiger partial charge in [-0.1, -0.05) is 18.2 Å². The topological polar surface area (TPSA) is 60.9 Å². The molecule has 1 heterocycles. The molecule has 2 rings (SSSR count). The summed E-state index contributed by atoms with van der Waals surface area (Å²) in [6.07, 6.45) is 4.31. The molecule has 1 aromatic heterocycles. The molecule has 0 aliphatic rings. The Morgan fingerprint density at radius 3 is 2.81 bits per heavy atom. The lowest BCUT2D eigenvalue weighted by atomic mass is 10.2. The molecule has 1 atom stereocenters. The summed E-state index contributed by atoms with van der Waals surface area (Å²) in [6, 6.07) is 9.66. The maximum absolute atomic E-state index is 9.75. The van der Waals surface area contributed by atoms with Gasteiger partial charge in [0.15, 0.2) is 0 Å². The van der Waals surface area contributed by atoms with Crippen LogP contribution in [0.1, 0.15) is 12.2 Å². The largest absolute Gasteiger partial charge is 0.374 e. The maximum Gasteiger partial charge on any atom is 0.124 e. The smallest absolute Gasteiger partial charge is 0.124 e. The van der Waals surface area contributed by atoms with Gasteiger partial charge in [0.1, 0.15) is 12.1 Å². The van der Waals surface area contributed by atoms with Crippen LogP contribution in [0.25, 0.3) is 0 Å². The van der Waals surface area contributed by atoms with Gasteiger partial charge in [-0.2, -0.15) is 0 Å². The van der Waals surface area contributed by atoms with E-state index in [2.05, 4.69) is 15.3 Å². The van der Waals surface area contributed by atoms with Crippen molar-refractivity contribution in [2.75, 3.05) is 5.32 Å². The van der Waals surface area contributed by atoms with E-state index < -0.39 is 6.23 Å². The third-order valence-electron chi connectivity index (χ3n) is 2.32. The van der Waals surface area contributed by atoms with Gasteiger partial charge < -0.3 is 15.4 Å². The van der Waals surface area contributed by atoms with E-state index in [1.807, 2.05) is 30.3 Å². The van der Waals surface area contributed by atoms with Gasteiger partial charge in [-0.05, 0) is 18.6 Å². The summed E-state index contributed by atoms with van der Waals surface area (Å²) in [5, 5.41) is 12.8. The number of hydrogen-bond acceptors (Lipinski definition) is 3. The van der Waals surface area contributed by atoms with E-state index in [4.69, 9.17) is 0 Å². The van der Waals surface area contributed by atoms with Gasteiger partial charge in [-0.15, -0.1) is 0 Å². The van der Waals surface area contributed by atoms with Gasteiger partial charge in [-0.25, -0.2) is 4.98 Å². The Balaban J connectivity index is 1.78. The zero-order valence-corrected chi connectivity index (χ0v) is 8.93. The molecule has 1 aromatic carbocycles. The van der Waals surface area contributed by atoms with E-state index in [0.717, 1.165) is 17.9 Å². The molecule has 0 spiro atoms. The predicted octanol–water partition coefficient (Wildman–Crippen LogP) is 1.77. The number of anilines is 1. The molecule has 0 saturated carbocycles. The second kappa shape index (κ2) is 5.32. The highest BCUT2D eigenvalue weighted by molar-refractivity contribution is 5.42. The van der Waals surface area contributed by atoms with Gasteiger partial charge in [0, 0.05) is 24.5 Å². The second-order valence-corrected chi connectivity index (χ2v) is 3.60. The Kier molecular flexibility index (Phi) is 3.56. The third kappa shape index (κ3) is 3.10. The molecule has 0 fully saturated rings. The van der Waals surface area contributed by atoms with Crippen molar-refractivity contribution in [3.8, 4) is 0 Å². The number of H-pyrrole nitrogens is 1. The van der Waals surface area contributed by atoms with Crippen LogP contribution in [0.15, 0.2) is 42.7 Å². The summed E-state index contributed by atoms with van der Waals surface area (Å²) in [6.45, 7) is 0. The fourth-order valence-corrected chi connectivity index (χ4v) is 1.51. The number of imidazole rings is 1. The molecule has 84 valence electrons. The summed E-state index contributed by atoms with van der Waals surface area (Å²) < 4.78 is 0. The van der Waals surface area contributed by atoms with E-state index in [9.17, 15) is 5.11 Å². The molecule has 0 saturated heterocycles. The first-order valence-electron chi connectivity index (χ1n) is 5.32. The number of para-hydroxylation sites is 1. The van der Waals surface area contributed by atoms with Crippen molar-refractivity contribution in [1.82, 2.24) is 9.97 Å². The molecule has 1 unspecified atom stereocenters. The van der Waals surface area contributed by atoms with Crippen molar-refractivity contribution >= 4 is 5.69 Å². The first-order valence-corrected chi connectivity index (χ1v) is 5.32. The van der Waals surface area contributed by atoms with Crippen LogP contribution >= 0.6 is 0 Å². The number of aliphatic hydroxyl groups is 1. The number of hydrogen-bond donors (Lipinski definition) is 3. The van der Waals surface area contributed by atoms with Crippen LogP contribution in [-0.4, -0.2) is 21.3 Å². The van der Waals surface area contributed by atoms with Gasteiger partial charge in [-0.3, -0.25) is 0 Å². The molecule has 3 N–H and O–H groups in total. The summed E-state index contributed by atoms with van der Waals surface area (Å²) >= 11 is 0. The van der Waals surface area contributed by atoms with Crippen LogP contribution in [0.2, 0.25) is 0 Å². The van der Waals surface area contributed by atoms with E-state index in [-0.39, 0.29) is 0 Å². The van der Waals surface area contributed by atoms with Gasteiger partial charge in [0.25, 0.3) is 0 Å². The number of nitrogens with zero attached hydrogens (tertiary/aromatic N) is 1. The fourth-order valence-electron chi connectivity index (χ4n) is 1.51. The van der Waals surface area contributed by atoms with Crippen molar-refractivity contribution in [3.05, 3.63) is 48.5 Å². The Hall–Kier alpha value is -1.81. The van der Waals surface area contributed by atoms with E-state index in [0.29, 0.717) is 6.42 Å². The van der Waals surface area contributed by atoms with Crippen LogP contribution in [0.4, 0.5) is 5.69 Å². The SMILES string of the molecule is OC(CCc1ncc[nH]1)Nc1ccccc1. The number of nitrogens with one attached hydrogen (secondary N) is 2. The van der Waals surface area contributed by atoms with Crippen LogP contribution in [0, 0.1) is 0 Å². The first-order chi connectivity index (χ1) is 7.84. The van der Waals surface area contributed by atoms with Crippen molar-refractivity contribution in [2.24, 2.45) is 0 Å². The zero-order valence-electron chi connectivity index (χ0n) is 8.93. The molecule has 0 amide bonds.